The van der Waals surface area contributed by atoms with E-state index >= 15 is 0 Å². The van der Waals surface area contributed by atoms with Crippen molar-refractivity contribution in [2.24, 2.45) is 0 Å². The highest BCUT2D eigenvalue weighted by Crippen LogP contribution is 2.24. The van der Waals surface area contributed by atoms with Crippen molar-refractivity contribution in [3.8, 4) is 0 Å². The summed E-state index contributed by atoms with van der Waals surface area (Å²) in [6, 6.07) is 7.67. The first kappa shape index (κ1) is 13.7. The Hall–Kier alpha value is -1.35. The second kappa shape index (κ2) is 7.07. The lowest BCUT2D eigenvalue weighted by molar-refractivity contribution is -0.139. The van der Waals surface area contributed by atoms with E-state index < -0.39 is 11.9 Å². The summed E-state index contributed by atoms with van der Waals surface area (Å²) in [5.41, 5.74) is 1.95. The van der Waals surface area contributed by atoms with Crippen LogP contribution in [0.2, 0.25) is 0 Å². The van der Waals surface area contributed by atoms with Crippen LogP contribution >= 0.6 is 0 Å². The van der Waals surface area contributed by atoms with Gasteiger partial charge in [-0.1, -0.05) is 24.3 Å². The normalized spacial score (nSPS) is 12.4. The molecule has 0 aliphatic rings. The molecule has 3 nitrogen and oxygen atoms in total. The van der Waals surface area contributed by atoms with E-state index in [-0.39, 0.29) is 0 Å². The third kappa shape index (κ3) is 4.19. The zero-order chi connectivity index (χ0) is 12.7. The van der Waals surface area contributed by atoms with Crippen LogP contribution in [-0.4, -0.2) is 24.3 Å². The molecule has 17 heavy (non-hydrogen) atoms. The molecule has 1 aromatic rings. The molecule has 0 aliphatic carbocycles. The highest BCUT2D eigenvalue weighted by molar-refractivity contribution is 5.76. The van der Waals surface area contributed by atoms with Gasteiger partial charge in [0.1, 0.15) is 0 Å². The molecule has 0 saturated carbocycles. The third-order valence-corrected chi connectivity index (χ3v) is 2.85. The van der Waals surface area contributed by atoms with Gasteiger partial charge in [0, 0.05) is 13.2 Å². The number of hydrogen-bond donors (Lipinski definition) is 1. The smallest absolute Gasteiger partial charge is 0.310 e. The van der Waals surface area contributed by atoms with E-state index in [2.05, 4.69) is 0 Å². The van der Waals surface area contributed by atoms with E-state index in [1.54, 1.807) is 0 Å². The summed E-state index contributed by atoms with van der Waals surface area (Å²) in [7, 11) is 0. The average Bonchev–Trinajstić information content (AvgIpc) is 2.30. The topological polar surface area (TPSA) is 46.5 Å². The van der Waals surface area contributed by atoms with Crippen LogP contribution < -0.4 is 0 Å². The first-order chi connectivity index (χ1) is 8.16. The first-order valence-electron chi connectivity index (χ1n) is 6.03. The van der Waals surface area contributed by atoms with Gasteiger partial charge in [-0.2, -0.15) is 0 Å². The minimum Gasteiger partial charge on any atom is -0.481 e. The van der Waals surface area contributed by atoms with Crippen LogP contribution in [-0.2, 0) is 9.53 Å². The summed E-state index contributed by atoms with van der Waals surface area (Å²) >= 11 is 0. The number of ether oxygens (including phenoxy) is 1. The molecule has 0 amide bonds. The third-order valence-electron chi connectivity index (χ3n) is 2.85. The average molecular weight is 236 g/mol. The molecular formula is C14H20O3. The van der Waals surface area contributed by atoms with Gasteiger partial charge in [0.05, 0.1) is 5.92 Å². The summed E-state index contributed by atoms with van der Waals surface area (Å²) < 4.78 is 5.24. The van der Waals surface area contributed by atoms with Gasteiger partial charge >= 0.3 is 5.97 Å². The van der Waals surface area contributed by atoms with E-state index in [0.717, 1.165) is 17.5 Å². The fourth-order valence-corrected chi connectivity index (χ4v) is 1.92. The van der Waals surface area contributed by atoms with Crippen molar-refractivity contribution < 1.29 is 14.6 Å². The number of aliphatic carboxylic acids is 1. The van der Waals surface area contributed by atoms with Gasteiger partial charge in [-0.25, -0.2) is 0 Å². The molecule has 1 rings (SSSR count). The van der Waals surface area contributed by atoms with Crippen molar-refractivity contribution in [1.82, 2.24) is 0 Å². The zero-order valence-electron chi connectivity index (χ0n) is 10.5. The number of carboxylic acids is 1. The minimum atomic E-state index is -0.754. The van der Waals surface area contributed by atoms with E-state index in [9.17, 15) is 9.90 Å². The van der Waals surface area contributed by atoms with Crippen molar-refractivity contribution in [3.05, 3.63) is 35.4 Å². The van der Waals surface area contributed by atoms with Gasteiger partial charge in [-0.05, 0) is 37.8 Å². The minimum absolute atomic E-state index is 0.420. The second-order valence-electron chi connectivity index (χ2n) is 4.09. The maximum absolute atomic E-state index is 11.3. The van der Waals surface area contributed by atoms with Crippen LogP contribution in [0, 0.1) is 6.92 Å². The van der Waals surface area contributed by atoms with E-state index in [4.69, 9.17) is 4.74 Å². The Balaban J connectivity index is 2.66. The maximum atomic E-state index is 11.3. The number of hydrogen-bond acceptors (Lipinski definition) is 2. The van der Waals surface area contributed by atoms with Crippen molar-refractivity contribution in [2.45, 2.75) is 32.6 Å². The van der Waals surface area contributed by atoms with Gasteiger partial charge in [0.2, 0.25) is 0 Å². The maximum Gasteiger partial charge on any atom is 0.310 e. The highest BCUT2D eigenvalue weighted by atomic mass is 16.5. The number of carboxylic acid groups (broad SMARTS) is 1. The molecule has 1 atom stereocenters. The molecule has 94 valence electrons. The number of benzene rings is 1. The molecule has 0 aromatic heterocycles. The largest absolute Gasteiger partial charge is 0.481 e. The summed E-state index contributed by atoms with van der Waals surface area (Å²) in [5.74, 6) is -1.17. The quantitative estimate of drug-likeness (QED) is 0.740. The Morgan fingerprint density at radius 3 is 2.71 bits per heavy atom. The van der Waals surface area contributed by atoms with E-state index in [1.165, 1.54) is 0 Å². The molecule has 0 heterocycles. The Morgan fingerprint density at radius 2 is 2.12 bits per heavy atom. The summed E-state index contributed by atoms with van der Waals surface area (Å²) in [6.07, 6.45) is 1.40. The Morgan fingerprint density at radius 1 is 1.41 bits per heavy atom. The second-order valence-corrected chi connectivity index (χ2v) is 4.09. The number of rotatable bonds is 7. The van der Waals surface area contributed by atoms with Gasteiger partial charge in [-0.3, -0.25) is 4.79 Å². The van der Waals surface area contributed by atoms with Crippen molar-refractivity contribution in [3.63, 3.8) is 0 Å². The van der Waals surface area contributed by atoms with E-state index in [0.29, 0.717) is 19.6 Å². The van der Waals surface area contributed by atoms with Crippen molar-refractivity contribution in [1.29, 1.82) is 0 Å². The molecular weight excluding hydrogens is 216 g/mol. The molecule has 1 unspecified atom stereocenters. The molecule has 0 fully saturated rings. The fourth-order valence-electron chi connectivity index (χ4n) is 1.92. The van der Waals surface area contributed by atoms with Crippen LogP contribution in [0.4, 0.5) is 0 Å². The van der Waals surface area contributed by atoms with Gasteiger partial charge in [0.15, 0.2) is 0 Å². The SMILES string of the molecule is CCOCCCC(C(=O)O)c1ccccc1C. The molecule has 0 bridgehead atoms. The van der Waals surface area contributed by atoms with Crippen LogP contribution in [0.25, 0.3) is 0 Å². The summed E-state index contributed by atoms with van der Waals surface area (Å²) in [5, 5.41) is 9.27. The molecule has 0 aliphatic heterocycles. The predicted octanol–water partition coefficient (Wildman–Crippen LogP) is 2.98. The van der Waals surface area contributed by atoms with Crippen molar-refractivity contribution in [2.75, 3.05) is 13.2 Å². The lowest BCUT2D eigenvalue weighted by Gasteiger charge is -2.15. The number of carbonyl (C=O) groups is 1. The number of aryl methyl sites for hydroxylation is 1. The van der Waals surface area contributed by atoms with Crippen LogP contribution in [0.3, 0.4) is 0 Å². The molecule has 3 heteroatoms. The Kier molecular flexibility index (Phi) is 5.70. The predicted molar refractivity (Wildman–Crippen MR) is 67.3 cm³/mol. The van der Waals surface area contributed by atoms with Gasteiger partial charge < -0.3 is 9.84 Å². The monoisotopic (exact) mass is 236 g/mol. The van der Waals surface area contributed by atoms with Crippen LogP contribution in [0.5, 0.6) is 0 Å². The molecule has 1 N–H and O–H groups in total. The fraction of sp³-hybridized carbons (Fsp3) is 0.500. The zero-order valence-corrected chi connectivity index (χ0v) is 10.5. The molecule has 0 radical (unpaired) electrons. The summed E-state index contributed by atoms with van der Waals surface area (Å²) in [6.45, 7) is 5.21. The Labute approximate surface area is 102 Å². The van der Waals surface area contributed by atoms with Gasteiger partial charge in [-0.15, -0.1) is 0 Å². The molecule has 1 aromatic carbocycles. The lowest BCUT2D eigenvalue weighted by atomic mass is 9.91. The lowest BCUT2D eigenvalue weighted by Crippen LogP contribution is -2.13. The molecule has 0 spiro atoms. The first-order valence-corrected chi connectivity index (χ1v) is 6.03. The highest BCUT2D eigenvalue weighted by Gasteiger charge is 2.20. The summed E-state index contributed by atoms with van der Waals surface area (Å²) in [4.78, 5) is 11.3. The molecule has 0 saturated heterocycles. The standard InChI is InChI=1S/C14H20O3/c1-3-17-10-6-9-13(14(15)16)12-8-5-4-7-11(12)2/h4-5,7-8,13H,3,6,9-10H2,1-2H3,(H,15,16). The Bertz CT molecular complexity index is 360. The van der Waals surface area contributed by atoms with E-state index in [1.807, 2.05) is 38.1 Å². The van der Waals surface area contributed by atoms with Crippen molar-refractivity contribution >= 4 is 5.97 Å². The van der Waals surface area contributed by atoms with Gasteiger partial charge in [0.25, 0.3) is 0 Å². The van der Waals surface area contributed by atoms with Crippen LogP contribution in [0.1, 0.15) is 36.8 Å². The van der Waals surface area contributed by atoms with Crippen LogP contribution in [0.15, 0.2) is 24.3 Å².